The van der Waals surface area contributed by atoms with Gasteiger partial charge in [0.2, 0.25) is 0 Å². The maximum atomic E-state index is 6.17. The van der Waals surface area contributed by atoms with E-state index in [1.807, 2.05) is 0 Å². The second-order valence-electron chi connectivity index (χ2n) is 5.87. The summed E-state index contributed by atoms with van der Waals surface area (Å²) < 4.78 is 6.17. The molecule has 0 radical (unpaired) electrons. The number of ether oxygens (including phenoxy) is 1. The maximum Gasteiger partial charge on any atom is 0.0983 e. The third kappa shape index (κ3) is 2.70. The Bertz CT molecular complexity index is 411. The summed E-state index contributed by atoms with van der Waals surface area (Å²) >= 11 is 0. The van der Waals surface area contributed by atoms with Gasteiger partial charge in [0.15, 0.2) is 0 Å². The van der Waals surface area contributed by atoms with Crippen molar-refractivity contribution in [2.24, 2.45) is 5.92 Å². The van der Waals surface area contributed by atoms with Crippen LogP contribution in [0.25, 0.3) is 0 Å². The lowest BCUT2D eigenvalue weighted by Crippen LogP contribution is -2.43. The van der Waals surface area contributed by atoms with Crippen LogP contribution in [0.1, 0.15) is 49.8 Å². The molecule has 1 fully saturated rings. The molecule has 0 amide bonds. The molecular weight excluding hydrogens is 234 g/mol. The van der Waals surface area contributed by atoms with Crippen LogP contribution < -0.4 is 5.32 Å². The van der Waals surface area contributed by atoms with Crippen LogP contribution in [0.5, 0.6) is 0 Å². The number of fused-ring (bicyclic) bond motifs is 1. The van der Waals surface area contributed by atoms with Crippen LogP contribution in [0.3, 0.4) is 0 Å². The Morgan fingerprint density at radius 1 is 1.26 bits per heavy atom. The Labute approximate surface area is 116 Å². The second kappa shape index (κ2) is 6.06. The Balaban J connectivity index is 1.86. The summed E-state index contributed by atoms with van der Waals surface area (Å²) in [6.07, 6.45) is 6.82. The van der Waals surface area contributed by atoms with E-state index in [9.17, 15) is 0 Å². The molecule has 2 aliphatic rings. The number of benzene rings is 1. The molecule has 0 aromatic heterocycles. The van der Waals surface area contributed by atoms with Gasteiger partial charge in [0.05, 0.1) is 12.7 Å². The summed E-state index contributed by atoms with van der Waals surface area (Å²) in [4.78, 5) is 0. The summed E-state index contributed by atoms with van der Waals surface area (Å²) in [5.74, 6) is 0.788. The number of likely N-dealkylation sites (N-methyl/N-ethyl adjacent to an activating group) is 1. The van der Waals surface area contributed by atoms with E-state index in [4.69, 9.17) is 4.74 Å². The van der Waals surface area contributed by atoms with Crippen molar-refractivity contribution in [1.29, 1.82) is 0 Å². The molecular formula is C17H25NO. The minimum atomic E-state index is 0.257. The molecule has 0 spiro atoms. The van der Waals surface area contributed by atoms with Crippen LogP contribution in [0.4, 0.5) is 0 Å². The zero-order chi connectivity index (χ0) is 13.1. The van der Waals surface area contributed by atoms with Crippen LogP contribution in [0.15, 0.2) is 24.3 Å². The summed E-state index contributed by atoms with van der Waals surface area (Å²) in [5, 5.41) is 3.71. The van der Waals surface area contributed by atoms with E-state index in [-0.39, 0.29) is 6.10 Å². The molecule has 1 saturated carbocycles. The summed E-state index contributed by atoms with van der Waals surface area (Å²) in [6, 6.07) is 9.33. The fraction of sp³-hybridized carbons (Fsp3) is 0.647. The summed E-state index contributed by atoms with van der Waals surface area (Å²) in [5.41, 5.74) is 2.91. The monoisotopic (exact) mass is 259 g/mol. The van der Waals surface area contributed by atoms with Gasteiger partial charge in [0.25, 0.3) is 0 Å². The van der Waals surface area contributed by atoms with Gasteiger partial charge in [-0.15, -0.1) is 0 Å². The highest BCUT2D eigenvalue weighted by atomic mass is 16.5. The van der Waals surface area contributed by atoms with Gasteiger partial charge >= 0.3 is 0 Å². The maximum absolute atomic E-state index is 6.17. The van der Waals surface area contributed by atoms with Gasteiger partial charge in [-0.3, -0.25) is 0 Å². The van der Waals surface area contributed by atoms with Crippen molar-refractivity contribution in [1.82, 2.24) is 5.32 Å². The Kier molecular flexibility index (Phi) is 4.19. The topological polar surface area (TPSA) is 21.3 Å². The fourth-order valence-electron chi connectivity index (χ4n) is 3.80. The Hall–Kier alpha value is -0.860. The van der Waals surface area contributed by atoms with Crippen LogP contribution in [0.2, 0.25) is 0 Å². The molecule has 1 aromatic rings. The van der Waals surface area contributed by atoms with Crippen molar-refractivity contribution >= 4 is 0 Å². The van der Waals surface area contributed by atoms with Crippen molar-refractivity contribution in [3.8, 4) is 0 Å². The van der Waals surface area contributed by atoms with Crippen molar-refractivity contribution in [2.75, 3.05) is 13.2 Å². The Morgan fingerprint density at radius 3 is 2.84 bits per heavy atom. The first-order valence-electron chi connectivity index (χ1n) is 7.83. The lowest BCUT2D eigenvalue weighted by molar-refractivity contribution is 0.000699. The molecule has 1 heterocycles. The average Bonchev–Trinajstić information content (AvgIpc) is 2.98. The lowest BCUT2D eigenvalue weighted by atomic mass is 9.86. The van der Waals surface area contributed by atoms with E-state index in [0.29, 0.717) is 6.04 Å². The number of hydrogen-bond donors (Lipinski definition) is 1. The predicted octanol–water partition coefficient (Wildman–Crippen LogP) is 3.47. The number of hydrogen-bond acceptors (Lipinski definition) is 2. The van der Waals surface area contributed by atoms with Crippen molar-refractivity contribution in [3.63, 3.8) is 0 Å². The first kappa shape index (κ1) is 13.1. The smallest absolute Gasteiger partial charge is 0.0983 e. The minimum Gasteiger partial charge on any atom is -0.372 e. The van der Waals surface area contributed by atoms with Gasteiger partial charge in [0.1, 0.15) is 0 Å². The van der Waals surface area contributed by atoms with Crippen LogP contribution in [-0.2, 0) is 11.2 Å². The average molecular weight is 259 g/mol. The molecule has 3 rings (SSSR count). The van der Waals surface area contributed by atoms with E-state index in [0.717, 1.165) is 25.5 Å². The number of nitrogens with one attached hydrogen (secondary N) is 1. The van der Waals surface area contributed by atoms with Crippen molar-refractivity contribution < 1.29 is 4.74 Å². The van der Waals surface area contributed by atoms with E-state index in [1.165, 1.54) is 36.8 Å². The highest BCUT2D eigenvalue weighted by Gasteiger charge is 2.34. The molecule has 1 aliphatic carbocycles. The molecule has 1 aliphatic heterocycles. The van der Waals surface area contributed by atoms with E-state index in [1.54, 1.807) is 0 Å². The van der Waals surface area contributed by atoms with Gasteiger partial charge in [-0.05, 0) is 42.9 Å². The lowest BCUT2D eigenvalue weighted by Gasteiger charge is -2.36. The fourth-order valence-corrected chi connectivity index (χ4v) is 3.80. The summed E-state index contributed by atoms with van der Waals surface area (Å²) in [7, 11) is 0. The van der Waals surface area contributed by atoms with E-state index < -0.39 is 0 Å². The molecule has 1 N–H and O–H groups in total. The van der Waals surface area contributed by atoms with Gasteiger partial charge < -0.3 is 10.1 Å². The highest BCUT2D eigenvalue weighted by molar-refractivity contribution is 5.32. The van der Waals surface area contributed by atoms with Crippen LogP contribution in [-0.4, -0.2) is 19.2 Å². The molecule has 0 bridgehead atoms. The molecule has 2 unspecified atom stereocenters. The molecule has 1 aromatic carbocycles. The first-order chi connectivity index (χ1) is 9.40. The number of rotatable bonds is 4. The first-order valence-corrected chi connectivity index (χ1v) is 7.83. The molecule has 19 heavy (non-hydrogen) atoms. The predicted molar refractivity (Wildman–Crippen MR) is 78.3 cm³/mol. The molecule has 0 saturated heterocycles. The third-order valence-corrected chi connectivity index (χ3v) is 4.70. The molecule has 2 nitrogen and oxygen atoms in total. The molecule has 2 heteroatoms. The van der Waals surface area contributed by atoms with E-state index >= 15 is 0 Å². The largest absolute Gasteiger partial charge is 0.372 e. The molecule has 2 atom stereocenters. The SMILES string of the molecule is CCNC(C1CCCC1)C1OCCc2ccccc21. The van der Waals surface area contributed by atoms with Crippen LogP contribution in [0, 0.1) is 5.92 Å². The van der Waals surface area contributed by atoms with Gasteiger partial charge in [-0.2, -0.15) is 0 Å². The Morgan fingerprint density at radius 2 is 2.05 bits per heavy atom. The minimum absolute atomic E-state index is 0.257. The highest BCUT2D eigenvalue weighted by Crippen LogP contribution is 2.38. The zero-order valence-electron chi connectivity index (χ0n) is 11.9. The van der Waals surface area contributed by atoms with Crippen molar-refractivity contribution in [3.05, 3.63) is 35.4 Å². The van der Waals surface area contributed by atoms with E-state index in [2.05, 4.69) is 36.5 Å². The summed E-state index contributed by atoms with van der Waals surface area (Å²) in [6.45, 7) is 4.11. The quantitative estimate of drug-likeness (QED) is 0.894. The standard InChI is InChI=1S/C17H25NO/c1-2-18-16(14-8-3-4-9-14)17-15-10-6-5-7-13(15)11-12-19-17/h5-7,10,14,16-18H,2-4,8-9,11-12H2,1H3. The second-order valence-corrected chi connectivity index (χ2v) is 5.87. The van der Waals surface area contributed by atoms with Gasteiger partial charge in [-0.1, -0.05) is 44.0 Å². The van der Waals surface area contributed by atoms with Crippen molar-refractivity contribution in [2.45, 2.75) is 51.2 Å². The van der Waals surface area contributed by atoms with Gasteiger partial charge in [0, 0.05) is 6.04 Å². The molecule has 104 valence electrons. The normalized spacial score (nSPS) is 25.2. The third-order valence-electron chi connectivity index (χ3n) is 4.70. The zero-order valence-corrected chi connectivity index (χ0v) is 11.9. The van der Waals surface area contributed by atoms with Gasteiger partial charge in [-0.25, -0.2) is 0 Å². The van der Waals surface area contributed by atoms with Crippen LogP contribution >= 0.6 is 0 Å².